The molecule has 1 N–H and O–H groups in total. The van der Waals surface area contributed by atoms with E-state index in [2.05, 4.69) is 0 Å². The van der Waals surface area contributed by atoms with Crippen LogP contribution in [0.4, 0.5) is 0 Å². The van der Waals surface area contributed by atoms with E-state index in [1.807, 2.05) is 54.6 Å². The SMILES string of the molecule is COC(=O)c1cc(O)c(-c2ccccc2)c(-c2ccc(OC)cc2)c1. The van der Waals surface area contributed by atoms with E-state index in [1.165, 1.54) is 13.2 Å². The number of carbonyl (C=O) groups is 1. The first kappa shape index (κ1) is 16.6. The Hall–Kier alpha value is -3.27. The van der Waals surface area contributed by atoms with Crippen LogP contribution in [-0.2, 0) is 4.74 Å². The van der Waals surface area contributed by atoms with Gasteiger partial charge in [-0.2, -0.15) is 0 Å². The molecule has 0 spiro atoms. The molecule has 0 saturated heterocycles. The Labute approximate surface area is 146 Å². The molecule has 3 aromatic rings. The molecule has 0 amide bonds. The Bertz CT molecular complexity index is 884. The van der Waals surface area contributed by atoms with E-state index in [4.69, 9.17) is 9.47 Å². The standard InChI is InChI=1S/C21H18O4/c1-24-17-10-8-14(9-11-17)18-12-16(21(23)25-2)13-19(22)20(18)15-6-4-3-5-7-15/h3-13,22H,1-2H3. The van der Waals surface area contributed by atoms with Gasteiger partial charge >= 0.3 is 5.97 Å². The van der Waals surface area contributed by atoms with Gasteiger partial charge in [0.05, 0.1) is 19.8 Å². The van der Waals surface area contributed by atoms with Crippen LogP contribution in [0.5, 0.6) is 11.5 Å². The van der Waals surface area contributed by atoms with Crippen LogP contribution in [0.3, 0.4) is 0 Å². The first-order valence-electron chi connectivity index (χ1n) is 7.79. The summed E-state index contributed by atoms with van der Waals surface area (Å²) in [5, 5.41) is 10.6. The van der Waals surface area contributed by atoms with Gasteiger partial charge in [0, 0.05) is 5.56 Å². The Morgan fingerprint density at radius 1 is 0.880 bits per heavy atom. The zero-order chi connectivity index (χ0) is 17.8. The molecule has 0 aliphatic rings. The lowest BCUT2D eigenvalue weighted by molar-refractivity contribution is 0.0600. The number of esters is 1. The molecule has 0 aliphatic carbocycles. The van der Waals surface area contributed by atoms with Gasteiger partial charge in [-0.3, -0.25) is 0 Å². The molecule has 126 valence electrons. The number of rotatable bonds is 4. The predicted octanol–water partition coefficient (Wildman–Crippen LogP) is 4.52. The van der Waals surface area contributed by atoms with Gasteiger partial charge in [-0.05, 0) is 41.0 Å². The van der Waals surface area contributed by atoms with Crippen molar-refractivity contribution in [1.29, 1.82) is 0 Å². The number of carbonyl (C=O) groups excluding carboxylic acids is 1. The minimum absolute atomic E-state index is 0.0277. The highest BCUT2D eigenvalue weighted by Gasteiger charge is 2.17. The van der Waals surface area contributed by atoms with Crippen LogP contribution >= 0.6 is 0 Å². The molecule has 3 aromatic carbocycles. The summed E-state index contributed by atoms with van der Waals surface area (Å²) in [6, 6.07) is 20.2. The molecule has 3 rings (SSSR count). The maximum absolute atomic E-state index is 11.9. The van der Waals surface area contributed by atoms with Crippen LogP contribution in [0, 0.1) is 0 Å². The third-order valence-electron chi connectivity index (χ3n) is 4.00. The number of aromatic hydroxyl groups is 1. The van der Waals surface area contributed by atoms with Crippen molar-refractivity contribution < 1.29 is 19.4 Å². The molecule has 0 unspecified atom stereocenters. The van der Waals surface area contributed by atoms with Crippen molar-refractivity contribution in [1.82, 2.24) is 0 Å². The van der Waals surface area contributed by atoms with Crippen LogP contribution in [0.2, 0.25) is 0 Å². The lowest BCUT2D eigenvalue weighted by Gasteiger charge is -2.14. The monoisotopic (exact) mass is 334 g/mol. The first-order valence-corrected chi connectivity index (χ1v) is 7.79. The summed E-state index contributed by atoms with van der Waals surface area (Å²) in [4.78, 5) is 11.9. The summed E-state index contributed by atoms with van der Waals surface area (Å²) in [6.45, 7) is 0. The fourth-order valence-electron chi connectivity index (χ4n) is 2.77. The van der Waals surface area contributed by atoms with E-state index in [-0.39, 0.29) is 5.75 Å². The highest BCUT2D eigenvalue weighted by Crippen LogP contribution is 2.40. The van der Waals surface area contributed by atoms with Crippen molar-refractivity contribution in [3.63, 3.8) is 0 Å². The van der Waals surface area contributed by atoms with E-state index < -0.39 is 5.97 Å². The summed E-state index contributed by atoms with van der Waals surface area (Å²) in [5.41, 5.74) is 3.43. The number of methoxy groups -OCH3 is 2. The molecule has 0 radical (unpaired) electrons. The van der Waals surface area contributed by atoms with Crippen molar-refractivity contribution in [3.8, 4) is 33.8 Å². The maximum Gasteiger partial charge on any atom is 0.338 e. The van der Waals surface area contributed by atoms with Gasteiger partial charge in [-0.15, -0.1) is 0 Å². The molecule has 25 heavy (non-hydrogen) atoms. The van der Waals surface area contributed by atoms with Crippen molar-refractivity contribution >= 4 is 5.97 Å². The minimum Gasteiger partial charge on any atom is -0.507 e. The van der Waals surface area contributed by atoms with Crippen LogP contribution in [-0.4, -0.2) is 25.3 Å². The summed E-state index contributed by atoms with van der Waals surface area (Å²) < 4.78 is 9.99. The number of benzene rings is 3. The molecule has 0 aliphatic heterocycles. The topological polar surface area (TPSA) is 55.8 Å². The van der Waals surface area contributed by atoms with Crippen molar-refractivity contribution in [2.45, 2.75) is 0 Å². The van der Waals surface area contributed by atoms with Crippen molar-refractivity contribution in [3.05, 3.63) is 72.3 Å². The highest BCUT2D eigenvalue weighted by molar-refractivity contribution is 5.96. The fraction of sp³-hybridized carbons (Fsp3) is 0.0952. The summed E-state index contributed by atoms with van der Waals surface area (Å²) in [6.07, 6.45) is 0. The maximum atomic E-state index is 11.9. The quantitative estimate of drug-likeness (QED) is 0.713. The average molecular weight is 334 g/mol. The van der Waals surface area contributed by atoms with Gasteiger partial charge in [-0.1, -0.05) is 42.5 Å². The zero-order valence-corrected chi connectivity index (χ0v) is 14.0. The van der Waals surface area contributed by atoms with E-state index in [0.29, 0.717) is 11.1 Å². The number of phenols is 1. The number of ether oxygens (including phenoxy) is 2. The number of hydrogen-bond donors (Lipinski definition) is 1. The Balaban J connectivity index is 2.24. The van der Waals surface area contributed by atoms with Gasteiger partial charge in [0.1, 0.15) is 11.5 Å². The molecular formula is C21H18O4. The van der Waals surface area contributed by atoms with E-state index in [1.54, 1.807) is 13.2 Å². The highest BCUT2D eigenvalue weighted by atomic mass is 16.5. The smallest absolute Gasteiger partial charge is 0.338 e. The van der Waals surface area contributed by atoms with Crippen molar-refractivity contribution in [2.75, 3.05) is 14.2 Å². The molecule has 0 fully saturated rings. The summed E-state index contributed by atoms with van der Waals surface area (Å²) in [7, 11) is 2.92. The van der Waals surface area contributed by atoms with Crippen molar-refractivity contribution in [2.24, 2.45) is 0 Å². The zero-order valence-electron chi connectivity index (χ0n) is 14.0. The molecule has 0 heterocycles. The molecule has 4 nitrogen and oxygen atoms in total. The van der Waals surface area contributed by atoms with Gasteiger partial charge in [0.25, 0.3) is 0 Å². The second kappa shape index (κ2) is 7.09. The molecule has 0 saturated carbocycles. The van der Waals surface area contributed by atoms with E-state index in [9.17, 15) is 9.90 Å². The first-order chi connectivity index (χ1) is 12.1. The molecule has 0 atom stereocenters. The summed E-state index contributed by atoms with van der Waals surface area (Å²) in [5.74, 6) is 0.267. The van der Waals surface area contributed by atoms with Gasteiger partial charge in [-0.25, -0.2) is 4.79 Å². The van der Waals surface area contributed by atoms with Gasteiger partial charge in [0.2, 0.25) is 0 Å². The molecule has 0 bridgehead atoms. The van der Waals surface area contributed by atoms with Gasteiger partial charge < -0.3 is 14.6 Å². The third kappa shape index (κ3) is 3.33. The average Bonchev–Trinajstić information content (AvgIpc) is 2.67. The minimum atomic E-state index is -0.496. The number of phenolic OH excluding ortho intramolecular Hbond substituents is 1. The van der Waals surface area contributed by atoms with Crippen LogP contribution in [0.25, 0.3) is 22.3 Å². The third-order valence-corrected chi connectivity index (χ3v) is 4.00. The second-order valence-corrected chi connectivity index (χ2v) is 5.50. The molecule has 4 heteroatoms. The molecular weight excluding hydrogens is 316 g/mol. The fourth-order valence-corrected chi connectivity index (χ4v) is 2.77. The largest absolute Gasteiger partial charge is 0.507 e. The Morgan fingerprint density at radius 3 is 2.16 bits per heavy atom. The normalized spacial score (nSPS) is 10.3. The van der Waals surface area contributed by atoms with Gasteiger partial charge in [0.15, 0.2) is 0 Å². The lowest BCUT2D eigenvalue weighted by Crippen LogP contribution is -2.02. The predicted molar refractivity (Wildman–Crippen MR) is 96.9 cm³/mol. The lowest BCUT2D eigenvalue weighted by atomic mass is 9.92. The number of hydrogen-bond acceptors (Lipinski definition) is 4. The second-order valence-electron chi connectivity index (χ2n) is 5.50. The van der Waals surface area contributed by atoms with Crippen LogP contribution in [0.1, 0.15) is 10.4 Å². The Kier molecular flexibility index (Phi) is 4.70. The summed E-state index contributed by atoms with van der Waals surface area (Å²) >= 11 is 0. The van der Waals surface area contributed by atoms with Crippen LogP contribution < -0.4 is 4.74 Å². The van der Waals surface area contributed by atoms with Crippen LogP contribution in [0.15, 0.2) is 66.7 Å². The van der Waals surface area contributed by atoms with E-state index in [0.717, 1.165) is 22.4 Å². The van der Waals surface area contributed by atoms with E-state index >= 15 is 0 Å². The Morgan fingerprint density at radius 2 is 1.56 bits per heavy atom. The molecule has 0 aromatic heterocycles.